The van der Waals surface area contributed by atoms with Crippen LogP contribution in [0.5, 0.6) is 5.75 Å². The molecule has 2 N–H and O–H groups in total. The normalized spacial score (nSPS) is 17.5. The van der Waals surface area contributed by atoms with Gasteiger partial charge in [0.05, 0.1) is 11.6 Å². The van der Waals surface area contributed by atoms with Crippen molar-refractivity contribution in [3.63, 3.8) is 0 Å². The first kappa shape index (κ1) is 10.8. The number of ether oxygens (including phenoxy) is 1. The van der Waals surface area contributed by atoms with E-state index in [2.05, 4.69) is 0 Å². The van der Waals surface area contributed by atoms with Crippen LogP contribution in [0.15, 0.2) is 18.2 Å². The second-order valence-electron chi connectivity index (χ2n) is 3.99. The largest absolute Gasteiger partial charge is 0.492 e. The molecule has 15 heavy (non-hydrogen) atoms. The zero-order chi connectivity index (χ0) is 10.8. The van der Waals surface area contributed by atoms with Gasteiger partial charge in [0.2, 0.25) is 0 Å². The standard InChI is InChI=1S/C12H16ClNO/c1-2-15-11-6-5-9(7-10(11)13)12(14)8-3-4-8/h5-8,12H,2-4,14H2,1H3/t12-/m0/s1. The van der Waals surface area contributed by atoms with Crippen molar-refractivity contribution in [3.8, 4) is 5.75 Å². The van der Waals surface area contributed by atoms with Crippen LogP contribution in [-0.4, -0.2) is 6.61 Å². The molecule has 2 rings (SSSR count). The smallest absolute Gasteiger partial charge is 0.137 e. The summed E-state index contributed by atoms with van der Waals surface area (Å²) in [5.41, 5.74) is 7.21. The molecular formula is C12H16ClNO. The maximum absolute atomic E-state index is 6.10. The van der Waals surface area contributed by atoms with Gasteiger partial charge in [-0.05, 0) is 43.4 Å². The third-order valence-electron chi connectivity index (χ3n) is 2.77. The molecule has 3 heteroatoms. The fraction of sp³-hybridized carbons (Fsp3) is 0.500. The van der Waals surface area contributed by atoms with Gasteiger partial charge in [-0.15, -0.1) is 0 Å². The van der Waals surface area contributed by atoms with Gasteiger partial charge in [-0.25, -0.2) is 0 Å². The van der Waals surface area contributed by atoms with E-state index in [4.69, 9.17) is 22.1 Å². The fourth-order valence-electron chi connectivity index (χ4n) is 1.72. The Morgan fingerprint density at radius 1 is 1.53 bits per heavy atom. The van der Waals surface area contributed by atoms with E-state index in [1.54, 1.807) is 0 Å². The van der Waals surface area contributed by atoms with Crippen molar-refractivity contribution in [2.75, 3.05) is 6.61 Å². The summed E-state index contributed by atoms with van der Waals surface area (Å²) in [6.07, 6.45) is 2.48. The van der Waals surface area contributed by atoms with Crippen LogP contribution in [0.3, 0.4) is 0 Å². The van der Waals surface area contributed by atoms with Crippen LogP contribution in [0.25, 0.3) is 0 Å². The minimum Gasteiger partial charge on any atom is -0.492 e. The van der Waals surface area contributed by atoms with E-state index in [0.29, 0.717) is 17.5 Å². The molecule has 2 nitrogen and oxygen atoms in total. The molecule has 0 spiro atoms. The third-order valence-corrected chi connectivity index (χ3v) is 3.07. The number of halogens is 1. The van der Waals surface area contributed by atoms with Gasteiger partial charge < -0.3 is 10.5 Å². The summed E-state index contributed by atoms with van der Waals surface area (Å²) in [5, 5.41) is 0.658. The molecule has 1 fully saturated rings. The molecule has 1 aromatic carbocycles. The number of hydrogen-bond donors (Lipinski definition) is 1. The zero-order valence-electron chi connectivity index (χ0n) is 8.87. The summed E-state index contributed by atoms with van der Waals surface area (Å²) in [7, 11) is 0. The third kappa shape index (κ3) is 2.44. The van der Waals surface area contributed by atoms with E-state index in [9.17, 15) is 0 Å². The van der Waals surface area contributed by atoms with Crippen molar-refractivity contribution in [1.82, 2.24) is 0 Å². The molecule has 0 aromatic heterocycles. The van der Waals surface area contributed by atoms with Gasteiger partial charge in [0, 0.05) is 6.04 Å². The van der Waals surface area contributed by atoms with Crippen molar-refractivity contribution in [2.24, 2.45) is 11.7 Å². The monoisotopic (exact) mass is 225 g/mol. The summed E-state index contributed by atoms with van der Waals surface area (Å²) in [6, 6.07) is 5.98. The first-order chi connectivity index (χ1) is 7.22. The van der Waals surface area contributed by atoms with Crippen molar-refractivity contribution in [2.45, 2.75) is 25.8 Å². The Morgan fingerprint density at radius 2 is 2.27 bits per heavy atom. The molecule has 0 heterocycles. The molecule has 1 saturated carbocycles. The summed E-state index contributed by atoms with van der Waals surface area (Å²) >= 11 is 6.10. The quantitative estimate of drug-likeness (QED) is 0.855. The van der Waals surface area contributed by atoms with E-state index in [1.807, 2.05) is 25.1 Å². The molecule has 1 atom stereocenters. The predicted molar refractivity (Wildman–Crippen MR) is 62.3 cm³/mol. The number of hydrogen-bond acceptors (Lipinski definition) is 2. The minimum absolute atomic E-state index is 0.137. The lowest BCUT2D eigenvalue weighted by Crippen LogP contribution is -2.12. The lowest BCUT2D eigenvalue weighted by Gasteiger charge is -2.13. The molecule has 0 saturated heterocycles. The molecule has 0 bridgehead atoms. The van der Waals surface area contributed by atoms with Crippen molar-refractivity contribution >= 4 is 11.6 Å². The number of nitrogens with two attached hydrogens (primary N) is 1. The van der Waals surface area contributed by atoms with Crippen LogP contribution in [0, 0.1) is 5.92 Å². The summed E-state index contributed by atoms with van der Waals surface area (Å²) in [5.74, 6) is 1.39. The topological polar surface area (TPSA) is 35.2 Å². The van der Waals surface area contributed by atoms with Crippen LogP contribution >= 0.6 is 11.6 Å². The van der Waals surface area contributed by atoms with Gasteiger partial charge in [-0.2, -0.15) is 0 Å². The predicted octanol–water partition coefficient (Wildman–Crippen LogP) is 3.15. The molecule has 1 aromatic rings. The highest BCUT2D eigenvalue weighted by molar-refractivity contribution is 6.32. The Balaban J connectivity index is 2.16. The van der Waals surface area contributed by atoms with Gasteiger partial charge in [0.15, 0.2) is 0 Å². The molecule has 1 aliphatic rings. The second-order valence-corrected chi connectivity index (χ2v) is 4.39. The van der Waals surface area contributed by atoms with Crippen LogP contribution in [0.1, 0.15) is 31.4 Å². The van der Waals surface area contributed by atoms with Gasteiger partial charge in [-0.3, -0.25) is 0 Å². The average molecular weight is 226 g/mol. The van der Waals surface area contributed by atoms with Crippen LogP contribution in [0.2, 0.25) is 5.02 Å². The minimum atomic E-state index is 0.137. The molecule has 0 amide bonds. The number of rotatable bonds is 4. The Morgan fingerprint density at radius 3 is 2.80 bits per heavy atom. The van der Waals surface area contributed by atoms with E-state index in [0.717, 1.165) is 11.3 Å². The van der Waals surface area contributed by atoms with Gasteiger partial charge >= 0.3 is 0 Å². The lowest BCUT2D eigenvalue weighted by molar-refractivity contribution is 0.340. The summed E-state index contributed by atoms with van der Waals surface area (Å²) in [4.78, 5) is 0. The zero-order valence-corrected chi connectivity index (χ0v) is 9.63. The Hall–Kier alpha value is -0.730. The highest BCUT2D eigenvalue weighted by Gasteiger charge is 2.29. The van der Waals surface area contributed by atoms with Crippen LogP contribution in [-0.2, 0) is 0 Å². The highest BCUT2D eigenvalue weighted by atomic mass is 35.5. The maximum atomic E-state index is 6.10. The van der Waals surface area contributed by atoms with Crippen molar-refractivity contribution in [1.29, 1.82) is 0 Å². The Labute approximate surface area is 95.4 Å². The van der Waals surface area contributed by atoms with Gasteiger partial charge in [-0.1, -0.05) is 17.7 Å². The van der Waals surface area contributed by atoms with E-state index < -0.39 is 0 Å². The summed E-state index contributed by atoms with van der Waals surface area (Å²) < 4.78 is 5.37. The van der Waals surface area contributed by atoms with E-state index in [-0.39, 0.29) is 6.04 Å². The lowest BCUT2D eigenvalue weighted by atomic mass is 10.0. The number of benzene rings is 1. The van der Waals surface area contributed by atoms with Gasteiger partial charge in [0.25, 0.3) is 0 Å². The van der Waals surface area contributed by atoms with E-state index >= 15 is 0 Å². The molecule has 82 valence electrons. The van der Waals surface area contributed by atoms with Crippen LogP contribution < -0.4 is 10.5 Å². The fourth-order valence-corrected chi connectivity index (χ4v) is 1.97. The highest BCUT2D eigenvalue weighted by Crippen LogP contribution is 2.40. The molecule has 0 radical (unpaired) electrons. The Bertz CT molecular complexity index is 349. The maximum Gasteiger partial charge on any atom is 0.137 e. The molecule has 0 aliphatic heterocycles. The van der Waals surface area contributed by atoms with Crippen molar-refractivity contribution in [3.05, 3.63) is 28.8 Å². The second kappa shape index (κ2) is 4.42. The van der Waals surface area contributed by atoms with Crippen LogP contribution in [0.4, 0.5) is 0 Å². The van der Waals surface area contributed by atoms with Crippen molar-refractivity contribution < 1.29 is 4.74 Å². The first-order valence-corrected chi connectivity index (χ1v) is 5.78. The first-order valence-electron chi connectivity index (χ1n) is 5.40. The molecule has 0 unspecified atom stereocenters. The summed E-state index contributed by atoms with van der Waals surface area (Å²) in [6.45, 7) is 2.58. The molecule has 1 aliphatic carbocycles. The SMILES string of the molecule is CCOc1ccc([C@@H](N)C2CC2)cc1Cl. The Kier molecular flexibility index (Phi) is 3.17. The average Bonchev–Trinajstić information content (AvgIpc) is 3.04. The van der Waals surface area contributed by atoms with Gasteiger partial charge in [0.1, 0.15) is 5.75 Å². The molecular weight excluding hydrogens is 210 g/mol. The van der Waals surface area contributed by atoms with E-state index in [1.165, 1.54) is 12.8 Å².